The maximum atomic E-state index is 14.1. The molecule has 0 aliphatic carbocycles. The van der Waals surface area contributed by atoms with Crippen LogP contribution in [0.4, 0.5) is 4.39 Å². The number of piperidine rings is 1. The minimum Gasteiger partial charge on any atom is -0.347 e. The van der Waals surface area contributed by atoms with Gasteiger partial charge in [-0.2, -0.15) is 0 Å². The molecule has 5 heteroatoms. The van der Waals surface area contributed by atoms with Gasteiger partial charge in [0.2, 0.25) is 5.91 Å². The Balaban J connectivity index is 2.15. The summed E-state index contributed by atoms with van der Waals surface area (Å²) in [5.41, 5.74) is -0.501. The smallest absolute Gasteiger partial charge is 0.225 e. The average molecular weight is 313 g/mol. The molecule has 21 heavy (non-hydrogen) atoms. The van der Waals surface area contributed by atoms with Crippen molar-refractivity contribution >= 4 is 17.5 Å². The van der Waals surface area contributed by atoms with Crippen LogP contribution in [0.5, 0.6) is 0 Å². The van der Waals surface area contributed by atoms with Gasteiger partial charge in [-0.05, 0) is 52.4 Å². The SMILES string of the molecule is CN1CCC[C@H](C(=O)NC(C)(C)c2c(F)cccc2Cl)C1. The lowest BCUT2D eigenvalue weighted by molar-refractivity contribution is -0.128. The van der Waals surface area contributed by atoms with Gasteiger partial charge in [0.1, 0.15) is 5.82 Å². The van der Waals surface area contributed by atoms with Crippen LogP contribution in [0.1, 0.15) is 32.3 Å². The third-order valence-corrected chi connectivity index (χ3v) is 4.33. The molecule has 2 rings (SSSR count). The molecular weight excluding hydrogens is 291 g/mol. The van der Waals surface area contributed by atoms with E-state index in [4.69, 9.17) is 11.6 Å². The number of carbonyl (C=O) groups excluding carboxylic acids is 1. The highest BCUT2D eigenvalue weighted by Crippen LogP contribution is 2.30. The van der Waals surface area contributed by atoms with Crippen LogP contribution in [-0.4, -0.2) is 30.9 Å². The molecule has 1 saturated heterocycles. The molecular formula is C16H22ClFN2O. The van der Waals surface area contributed by atoms with Gasteiger partial charge in [-0.15, -0.1) is 0 Å². The first-order valence-electron chi connectivity index (χ1n) is 7.26. The van der Waals surface area contributed by atoms with Crippen LogP contribution in [0.2, 0.25) is 5.02 Å². The van der Waals surface area contributed by atoms with Gasteiger partial charge in [0.05, 0.1) is 11.5 Å². The summed E-state index contributed by atoms with van der Waals surface area (Å²) in [6, 6.07) is 4.57. The molecule has 0 unspecified atom stereocenters. The minimum atomic E-state index is -0.838. The molecule has 1 amide bonds. The second kappa shape index (κ2) is 6.32. The molecule has 3 nitrogen and oxygen atoms in total. The normalized spacial score (nSPS) is 20.3. The fraction of sp³-hybridized carbons (Fsp3) is 0.562. The van der Waals surface area contributed by atoms with E-state index in [0.29, 0.717) is 10.6 Å². The van der Waals surface area contributed by atoms with Crippen LogP contribution in [-0.2, 0) is 10.3 Å². The quantitative estimate of drug-likeness (QED) is 0.930. The molecule has 0 aromatic heterocycles. The van der Waals surface area contributed by atoms with Crippen molar-refractivity contribution in [2.24, 2.45) is 5.92 Å². The first-order valence-corrected chi connectivity index (χ1v) is 7.64. The Morgan fingerprint density at radius 1 is 1.48 bits per heavy atom. The highest BCUT2D eigenvalue weighted by molar-refractivity contribution is 6.31. The van der Waals surface area contributed by atoms with Crippen molar-refractivity contribution in [3.05, 3.63) is 34.6 Å². The van der Waals surface area contributed by atoms with Crippen molar-refractivity contribution in [1.82, 2.24) is 10.2 Å². The summed E-state index contributed by atoms with van der Waals surface area (Å²) >= 11 is 6.11. The van der Waals surface area contributed by atoms with Gasteiger partial charge < -0.3 is 10.2 Å². The van der Waals surface area contributed by atoms with Gasteiger partial charge in [-0.3, -0.25) is 4.79 Å². The van der Waals surface area contributed by atoms with Crippen LogP contribution >= 0.6 is 11.6 Å². The molecule has 1 heterocycles. The van der Waals surface area contributed by atoms with Crippen LogP contribution < -0.4 is 5.32 Å². The van der Waals surface area contributed by atoms with Crippen molar-refractivity contribution in [3.8, 4) is 0 Å². The van der Waals surface area contributed by atoms with E-state index in [9.17, 15) is 9.18 Å². The van der Waals surface area contributed by atoms with Gasteiger partial charge >= 0.3 is 0 Å². The van der Waals surface area contributed by atoms with E-state index < -0.39 is 11.4 Å². The Morgan fingerprint density at radius 2 is 2.19 bits per heavy atom. The maximum absolute atomic E-state index is 14.1. The van der Waals surface area contributed by atoms with E-state index in [1.165, 1.54) is 6.07 Å². The average Bonchev–Trinajstić information content (AvgIpc) is 2.37. The summed E-state index contributed by atoms with van der Waals surface area (Å²) in [4.78, 5) is 14.6. The topological polar surface area (TPSA) is 32.3 Å². The molecule has 1 aliphatic heterocycles. The van der Waals surface area contributed by atoms with Crippen LogP contribution in [0.15, 0.2) is 18.2 Å². The lowest BCUT2D eigenvalue weighted by atomic mass is 9.91. The summed E-state index contributed by atoms with van der Waals surface area (Å²) in [6.45, 7) is 5.32. The van der Waals surface area contributed by atoms with Crippen LogP contribution in [0.3, 0.4) is 0 Å². The van der Waals surface area contributed by atoms with Crippen LogP contribution in [0, 0.1) is 11.7 Å². The second-order valence-corrected chi connectivity index (χ2v) is 6.72. The van der Waals surface area contributed by atoms with Crippen LogP contribution in [0.25, 0.3) is 0 Å². The third kappa shape index (κ3) is 3.74. The van der Waals surface area contributed by atoms with Gasteiger partial charge in [-0.25, -0.2) is 4.39 Å². The van der Waals surface area contributed by atoms with Gasteiger partial charge in [0, 0.05) is 17.1 Å². The monoisotopic (exact) mass is 312 g/mol. The Kier molecular flexibility index (Phi) is 4.89. The first-order chi connectivity index (χ1) is 9.81. The maximum Gasteiger partial charge on any atom is 0.225 e. The number of nitrogens with zero attached hydrogens (tertiary/aromatic N) is 1. The van der Waals surface area contributed by atoms with E-state index >= 15 is 0 Å². The van der Waals surface area contributed by atoms with E-state index in [1.807, 2.05) is 7.05 Å². The molecule has 0 saturated carbocycles. The lowest BCUT2D eigenvalue weighted by Gasteiger charge is -2.33. The van der Waals surface area contributed by atoms with Crippen molar-refractivity contribution in [1.29, 1.82) is 0 Å². The number of amides is 1. The predicted molar refractivity (Wildman–Crippen MR) is 82.8 cm³/mol. The summed E-state index contributed by atoms with van der Waals surface area (Å²) in [6.07, 6.45) is 1.88. The highest BCUT2D eigenvalue weighted by Gasteiger charge is 2.32. The Labute approximate surface area is 130 Å². The fourth-order valence-electron chi connectivity index (χ4n) is 2.95. The Morgan fingerprint density at radius 3 is 2.81 bits per heavy atom. The largest absolute Gasteiger partial charge is 0.347 e. The van der Waals surface area contributed by atoms with E-state index in [2.05, 4.69) is 10.2 Å². The molecule has 1 aromatic carbocycles. The van der Waals surface area contributed by atoms with Crippen molar-refractivity contribution in [2.75, 3.05) is 20.1 Å². The molecule has 1 aliphatic rings. The molecule has 1 aromatic rings. The van der Waals surface area contributed by atoms with E-state index in [1.54, 1.807) is 26.0 Å². The number of benzene rings is 1. The van der Waals surface area contributed by atoms with Crippen molar-refractivity contribution in [3.63, 3.8) is 0 Å². The van der Waals surface area contributed by atoms with Crippen molar-refractivity contribution < 1.29 is 9.18 Å². The standard InChI is InChI=1S/C16H22ClFN2O/c1-16(2,14-12(17)7-4-8-13(14)18)19-15(21)11-6-5-9-20(3)10-11/h4,7-8,11H,5-6,9-10H2,1-3H3,(H,19,21)/t11-/m0/s1. The summed E-state index contributed by atoms with van der Waals surface area (Å²) in [7, 11) is 2.01. The first kappa shape index (κ1) is 16.2. The summed E-state index contributed by atoms with van der Waals surface area (Å²) < 4.78 is 14.1. The number of carbonyl (C=O) groups is 1. The molecule has 1 fully saturated rings. The number of rotatable bonds is 3. The summed E-state index contributed by atoms with van der Waals surface area (Å²) in [5.74, 6) is -0.479. The zero-order chi connectivity index (χ0) is 15.6. The lowest BCUT2D eigenvalue weighted by Crippen LogP contribution is -2.48. The number of nitrogens with one attached hydrogen (secondary N) is 1. The zero-order valence-corrected chi connectivity index (χ0v) is 13.5. The number of hydrogen-bond donors (Lipinski definition) is 1. The molecule has 0 spiro atoms. The molecule has 1 atom stereocenters. The minimum absolute atomic E-state index is 0.0362. The third-order valence-electron chi connectivity index (χ3n) is 4.02. The fourth-order valence-corrected chi connectivity index (χ4v) is 3.35. The Bertz CT molecular complexity index is 513. The molecule has 116 valence electrons. The van der Waals surface area contributed by atoms with E-state index in [-0.39, 0.29) is 11.8 Å². The predicted octanol–water partition coefficient (Wildman–Crippen LogP) is 3.17. The number of halogens is 2. The van der Waals surface area contributed by atoms with Gasteiger partial charge in [-0.1, -0.05) is 17.7 Å². The zero-order valence-electron chi connectivity index (χ0n) is 12.7. The van der Waals surface area contributed by atoms with Gasteiger partial charge in [0.15, 0.2) is 0 Å². The highest BCUT2D eigenvalue weighted by atomic mass is 35.5. The molecule has 0 radical (unpaired) electrons. The molecule has 0 bridgehead atoms. The van der Waals surface area contributed by atoms with Crippen molar-refractivity contribution in [2.45, 2.75) is 32.2 Å². The van der Waals surface area contributed by atoms with E-state index in [0.717, 1.165) is 25.9 Å². The Hall–Kier alpha value is -1.13. The second-order valence-electron chi connectivity index (χ2n) is 6.31. The number of hydrogen-bond acceptors (Lipinski definition) is 2. The van der Waals surface area contributed by atoms with Gasteiger partial charge in [0.25, 0.3) is 0 Å². The summed E-state index contributed by atoms with van der Waals surface area (Å²) in [5, 5.41) is 3.29. The number of likely N-dealkylation sites (tertiary alicyclic amines) is 1. The molecule has 1 N–H and O–H groups in total.